The molecule has 1 fully saturated rings. The number of aryl methyl sites for hydroxylation is 1. The molecule has 112 valence electrons. The van der Waals surface area contributed by atoms with Crippen molar-refractivity contribution in [1.82, 2.24) is 10.2 Å². The zero-order valence-corrected chi connectivity index (χ0v) is 14.0. The number of carbonyl (C=O) groups excluding carboxylic acids is 3. The third-order valence-corrected chi connectivity index (χ3v) is 4.31. The van der Waals surface area contributed by atoms with E-state index < -0.39 is 0 Å². The molecule has 5 nitrogen and oxygen atoms in total. The van der Waals surface area contributed by atoms with E-state index >= 15 is 0 Å². The Hall–Kier alpha value is -1.44. The van der Waals surface area contributed by atoms with Crippen molar-refractivity contribution in [3.05, 3.63) is 32.9 Å². The van der Waals surface area contributed by atoms with Crippen LogP contribution >= 0.6 is 22.6 Å². The molecule has 0 aromatic heterocycles. The molecule has 0 bridgehead atoms. The van der Waals surface area contributed by atoms with Gasteiger partial charge < -0.3 is 5.32 Å². The lowest BCUT2D eigenvalue weighted by molar-refractivity contribution is -0.138. The summed E-state index contributed by atoms with van der Waals surface area (Å²) < 4.78 is 0.903. The van der Waals surface area contributed by atoms with Gasteiger partial charge in [0.25, 0.3) is 5.91 Å². The van der Waals surface area contributed by atoms with Gasteiger partial charge in [0.2, 0.25) is 11.8 Å². The summed E-state index contributed by atoms with van der Waals surface area (Å²) in [5.74, 6) is -0.346. The predicted molar refractivity (Wildman–Crippen MR) is 86.8 cm³/mol. The van der Waals surface area contributed by atoms with Crippen molar-refractivity contribution in [2.45, 2.75) is 26.2 Å². The lowest BCUT2D eigenvalue weighted by atomic mass is 10.1. The van der Waals surface area contributed by atoms with Gasteiger partial charge in [-0.25, -0.2) is 0 Å². The first-order valence-electron chi connectivity index (χ1n) is 6.86. The summed E-state index contributed by atoms with van der Waals surface area (Å²) in [6, 6.07) is 5.72. The lowest BCUT2D eigenvalue weighted by Crippen LogP contribution is -2.33. The summed E-state index contributed by atoms with van der Waals surface area (Å²) in [7, 11) is 0. The van der Waals surface area contributed by atoms with E-state index in [-0.39, 0.29) is 17.7 Å². The average molecular weight is 400 g/mol. The molecule has 1 saturated heterocycles. The van der Waals surface area contributed by atoms with E-state index in [0.717, 1.165) is 9.13 Å². The Morgan fingerprint density at radius 2 is 1.95 bits per heavy atom. The molecule has 0 unspecified atom stereocenters. The van der Waals surface area contributed by atoms with E-state index in [4.69, 9.17) is 0 Å². The fraction of sp³-hybridized carbons (Fsp3) is 0.400. The van der Waals surface area contributed by atoms with Crippen LogP contribution in [0.15, 0.2) is 18.2 Å². The Morgan fingerprint density at radius 1 is 1.29 bits per heavy atom. The van der Waals surface area contributed by atoms with Crippen LogP contribution in [0.1, 0.15) is 35.2 Å². The highest BCUT2D eigenvalue weighted by Gasteiger charge is 2.27. The summed E-state index contributed by atoms with van der Waals surface area (Å²) >= 11 is 2.13. The molecule has 1 heterocycles. The molecule has 3 amide bonds. The molecule has 1 aliphatic rings. The van der Waals surface area contributed by atoms with Crippen LogP contribution < -0.4 is 5.32 Å². The number of likely N-dealkylation sites (tertiary alicyclic amines) is 1. The first kappa shape index (κ1) is 15.9. The topological polar surface area (TPSA) is 66.5 Å². The van der Waals surface area contributed by atoms with E-state index in [9.17, 15) is 14.4 Å². The smallest absolute Gasteiger partial charge is 0.252 e. The van der Waals surface area contributed by atoms with Gasteiger partial charge >= 0.3 is 0 Å². The maximum absolute atomic E-state index is 12.1. The largest absolute Gasteiger partial charge is 0.352 e. The SMILES string of the molecule is Cc1ccc(I)c(C(=O)NCCCN2C(=O)CCC2=O)c1. The Labute approximate surface area is 137 Å². The molecule has 1 aromatic carbocycles. The molecule has 1 N–H and O–H groups in total. The number of carbonyl (C=O) groups is 3. The van der Waals surface area contributed by atoms with Crippen LogP contribution in [-0.4, -0.2) is 35.7 Å². The Kier molecular flexibility index (Phi) is 5.33. The third-order valence-electron chi connectivity index (χ3n) is 3.37. The normalized spacial score (nSPS) is 14.7. The monoisotopic (exact) mass is 400 g/mol. The molecular weight excluding hydrogens is 383 g/mol. The number of hydrogen-bond donors (Lipinski definition) is 1. The van der Waals surface area contributed by atoms with Crippen molar-refractivity contribution in [3.8, 4) is 0 Å². The van der Waals surface area contributed by atoms with Gasteiger partial charge in [-0.15, -0.1) is 0 Å². The zero-order valence-electron chi connectivity index (χ0n) is 11.8. The molecule has 0 spiro atoms. The maximum Gasteiger partial charge on any atom is 0.252 e. The molecule has 6 heteroatoms. The quantitative estimate of drug-likeness (QED) is 0.466. The van der Waals surface area contributed by atoms with Crippen LogP contribution in [0.25, 0.3) is 0 Å². The molecule has 0 radical (unpaired) electrons. The number of benzene rings is 1. The molecule has 0 atom stereocenters. The van der Waals surface area contributed by atoms with E-state index in [1.165, 1.54) is 4.90 Å². The highest BCUT2D eigenvalue weighted by molar-refractivity contribution is 14.1. The first-order valence-corrected chi connectivity index (χ1v) is 7.94. The van der Waals surface area contributed by atoms with Gasteiger partial charge in [-0.2, -0.15) is 0 Å². The highest BCUT2D eigenvalue weighted by atomic mass is 127. The summed E-state index contributed by atoms with van der Waals surface area (Å²) in [5.41, 5.74) is 1.69. The molecule has 1 aliphatic heterocycles. The van der Waals surface area contributed by atoms with Crippen LogP contribution in [0.5, 0.6) is 0 Å². The van der Waals surface area contributed by atoms with E-state index in [1.54, 1.807) is 0 Å². The third kappa shape index (κ3) is 4.03. The molecule has 21 heavy (non-hydrogen) atoms. The van der Waals surface area contributed by atoms with Gasteiger partial charge in [-0.3, -0.25) is 19.3 Å². The first-order chi connectivity index (χ1) is 9.99. The van der Waals surface area contributed by atoms with E-state index in [2.05, 4.69) is 27.9 Å². The minimum atomic E-state index is -0.123. The van der Waals surface area contributed by atoms with Crippen molar-refractivity contribution in [2.75, 3.05) is 13.1 Å². The fourth-order valence-electron chi connectivity index (χ4n) is 2.22. The minimum Gasteiger partial charge on any atom is -0.352 e. The summed E-state index contributed by atoms with van der Waals surface area (Å²) in [6.45, 7) is 2.76. The summed E-state index contributed by atoms with van der Waals surface area (Å²) in [6.07, 6.45) is 1.20. The maximum atomic E-state index is 12.1. The van der Waals surface area contributed by atoms with Crippen molar-refractivity contribution < 1.29 is 14.4 Å². The Morgan fingerprint density at radius 3 is 2.62 bits per heavy atom. The standard InChI is InChI=1S/C15H17IN2O3/c1-10-3-4-12(16)11(9-10)15(21)17-7-2-8-18-13(19)5-6-14(18)20/h3-4,9H,2,5-8H2,1H3,(H,17,21). The highest BCUT2D eigenvalue weighted by Crippen LogP contribution is 2.14. The second-order valence-corrected chi connectivity index (χ2v) is 6.19. The number of halogens is 1. The van der Waals surface area contributed by atoms with Crippen molar-refractivity contribution in [1.29, 1.82) is 0 Å². The molecule has 0 saturated carbocycles. The van der Waals surface area contributed by atoms with Gasteiger partial charge in [0.15, 0.2) is 0 Å². The van der Waals surface area contributed by atoms with Gasteiger partial charge in [0.05, 0.1) is 5.56 Å². The van der Waals surface area contributed by atoms with Crippen LogP contribution in [0, 0.1) is 10.5 Å². The second-order valence-electron chi connectivity index (χ2n) is 5.03. The van der Waals surface area contributed by atoms with Crippen LogP contribution in [0.2, 0.25) is 0 Å². The van der Waals surface area contributed by atoms with Crippen molar-refractivity contribution in [3.63, 3.8) is 0 Å². The number of hydrogen-bond acceptors (Lipinski definition) is 3. The van der Waals surface area contributed by atoms with Crippen molar-refractivity contribution in [2.24, 2.45) is 0 Å². The summed E-state index contributed by atoms with van der Waals surface area (Å²) in [4.78, 5) is 36.2. The van der Waals surface area contributed by atoms with Gasteiger partial charge in [0.1, 0.15) is 0 Å². The molecule has 0 aliphatic carbocycles. The Balaban J connectivity index is 1.81. The number of amides is 3. The van der Waals surface area contributed by atoms with Gasteiger partial charge in [0, 0.05) is 29.5 Å². The average Bonchev–Trinajstić information content (AvgIpc) is 2.77. The number of rotatable bonds is 5. The molecular formula is C15H17IN2O3. The summed E-state index contributed by atoms with van der Waals surface area (Å²) in [5, 5.41) is 2.83. The number of nitrogens with zero attached hydrogens (tertiary/aromatic N) is 1. The Bertz CT molecular complexity index is 570. The number of imide groups is 1. The molecule has 2 rings (SSSR count). The fourth-order valence-corrected chi connectivity index (χ4v) is 2.80. The minimum absolute atomic E-state index is 0.112. The van der Waals surface area contributed by atoms with Crippen LogP contribution in [0.4, 0.5) is 0 Å². The zero-order chi connectivity index (χ0) is 15.4. The lowest BCUT2D eigenvalue weighted by Gasteiger charge is -2.14. The van der Waals surface area contributed by atoms with Gasteiger partial charge in [-0.1, -0.05) is 11.6 Å². The second kappa shape index (κ2) is 7.02. The van der Waals surface area contributed by atoms with E-state index in [0.29, 0.717) is 37.9 Å². The predicted octanol–water partition coefficient (Wildman–Crippen LogP) is 1.87. The van der Waals surface area contributed by atoms with Gasteiger partial charge in [-0.05, 0) is 48.1 Å². The van der Waals surface area contributed by atoms with Crippen LogP contribution in [-0.2, 0) is 9.59 Å². The number of nitrogens with one attached hydrogen (secondary N) is 1. The van der Waals surface area contributed by atoms with Crippen LogP contribution in [0.3, 0.4) is 0 Å². The molecule has 1 aromatic rings. The van der Waals surface area contributed by atoms with Crippen molar-refractivity contribution >= 4 is 40.3 Å². The van der Waals surface area contributed by atoms with E-state index in [1.807, 2.05) is 25.1 Å².